The van der Waals surface area contributed by atoms with E-state index in [1.165, 1.54) is 4.80 Å². The highest BCUT2D eigenvalue weighted by Crippen LogP contribution is 2.20. The zero-order valence-corrected chi connectivity index (χ0v) is 15.0. The van der Waals surface area contributed by atoms with E-state index < -0.39 is 16.1 Å². The van der Waals surface area contributed by atoms with Crippen molar-refractivity contribution in [1.82, 2.24) is 19.7 Å². The van der Waals surface area contributed by atoms with Crippen LogP contribution in [-0.2, 0) is 16.6 Å². The van der Waals surface area contributed by atoms with Crippen LogP contribution < -0.4 is 4.72 Å². The molecule has 1 heterocycles. The number of benzene rings is 2. The predicted molar refractivity (Wildman–Crippen MR) is 93.7 cm³/mol. The summed E-state index contributed by atoms with van der Waals surface area (Å²) in [5.74, 6) is 0. The molecule has 0 spiro atoms. The summed E-state index contributed by atoms with van der Waals surface area (Å²) >= 11 is 3.30. The van der Waals surface area contributed by atoms with Crippen LogP contribution in [0.3, 0.4) is 0 Å². The van der Waals surface area contributed by atoms with Crippen LogP contribution in [0.15, 0.2) is 76.4 Å². The van der Waals surface area contributed by atoms with Crippen molar-refractivity contribution in [1.29, 1.82) is 0 Å². The zero-order chi connectivity index (χ0) is 17.0. The Hall–Kier alpha value is -2.03. The van der Waals surface area contributed by atoms with Crippen molar-refractivity contribution < 1.29 is 8.42 Å². The Kier molecular flexibility index (Phi) is 5.08. The van der Waals surface area contributed by atoms with Gasteiger partial charge in [-0.25, -0.2) is 13.1 Å². The number of rotatable bonds is 6. The second kappa shape index (κ2) is 7.25. The van der Waals surface area contributed by atoms with Crippen molar-refractivity contribution in [2.24, 2.45) is 0 Å². The molecule has 1 aromatic heterocycles. The summed E-state index contributed by atoms with van der Waals surface area (Å²) in [5, 5.41) is 8.12. The van der Waals surface area contributed by atoms with Gasteiger partial charge in [0.15, 0.2) is 0 Å². The van der Waals surface area contributed by atoms with Gasteiger partial charge < -0.3 is 0 Å². The molecule has 0 radical (unpaired) electrons. The Balaban J connectivity index is 1.89. The minimum absolute atomic E-state index is 0.208. The van der Waals surface area contributed by atoms with Crippen LogP contribution in [0.1, 0.15) is 11.6 Å². The van der Waals surface area contributed by atoms with E-state index in [0.29, 0.717) is 6.54 Å². The molecule has 24 heavy (non-hydrogen) atoms. The minimum Gasteiger partial charge on any atom is -0.207 e. The van der Waals surface area contributed by atoms with Gasteiger partial charge in [0, 0.05) is 4.47 Å². The van der Waals surface area contributed by atoms with Crippen molar-refractivity contribution in [3.63, 3.8) is 0 Å². The van der Waals surface area contributed by atoms with E-state index in [0.717, 1.165) is 10.0 Å². The lowest BCUT2D eigenvalue weighted by Gasteiger charge is -2.19. The highest BCUT2D eigenvalue weighted by molar-refractivity contribution is 9.10. The molecule has 1 atom stereocenters. The van der Waals surface area contributed by atoms with Crippen LogP contribution in [0.25, 0.3) is 0 Å². The summed E-state index contributed by atoms with van der Waals surface area (Å²) in [7, 11) is -3.67. The van der Waals surface area contributed by atoms with Gasteiger partial charge in [0.25, 0.3) is 0 Å². The second-order valence-corrected chi connectivity index (χ2v) is 7.75. The fourth-order valence-corrected chi connectivity index (χ4v) is 3.75. The van der Waals surface area contributed by atoms with Crippen molar-refractivity contribution in [3.8, 4) is 0 Å². The van der Waals surface area contributed by atoms with Crippen LogP contribution in [0.2, 0.25) is 0 Å². The fraction of sp³-hybridized carbons (Fsp3) is 0.125. The normalized spacial score (nSPS) is 12.9. The first-order chi connectivity index (χ1) is 11.5. The van der Waals surface area contributed by atoms with Crippen molar-refractivity contribution in [2.75, 3.05) is 0 Å². The first-order valence-corrected chi connectivity index (χ1v) is 9.49. The molecule has 1 unspecified atom stereocenters. The number of halogens is 1. The largest absolute Gasteiger partial charge is 0.241 e. The summed E-state index contributed by atoms with van der Waals surface area (Å²) in [6.45, 7) is 0.298. The first-order valence-electron chi connectivity index (χ1n) is 7.21. The van der Waals surface area contributed by atoms with E-state index in [-0.39, 0.29) is 4.90 Å². The number of hydrogen-bond acceptors (Lipinski definition) is 4. The van der Waals surface area contributed by atoms with Crippen LogP contribution in [-0.4, -0.2) is 23.4 Å². The highest BCUT2D eigenvalue weighted by atomic mass is 79.9. The van der Waals surface area contributed by atoms with E-state index in [9.17, 15) is 8.42 Å². The minimum atomic E-state index is -3.67. The molecule has 0 amide bonds. The summed E-state index contributed by atoms with van der Waals surface area (Å²) in [5.41, 5.74) is 0.843. The van der Waals surface area contributed by atoms with Crippen molar-refractivity contribution in [3.05, 3.63) is 77.0 Å². The SMILES string of the molecule is O=S(=O)(NC(Cn1nccn1)c1ccccc1)c1ccc(Br)cc1. The Morgan fingerprint density at radius 3 is 2.25 bits per heavy atom. The van der Waals surface area contributed by atoms with Gasteiger partial charge in [0.2, 0.25) is 10.0 Å². The van der Waals surface area contributed by atoms with Gasteiger partial charge >= 0.3 is 0 Å². The Morgan fingerprint density at radius 2 is 1.62 bits per heavy atom. The molecule has 0 aliphatic rings. The quantitative estimate of drug-likeness (QED) is 0.682. The molecule has 3 aromatic rings. The lowest BCUT2D eigenvalue weighted by Crippen LogP contribution is -2.32. The smallest absolute Gasteiger partial charge is 0.207 e. The van der Waals surface area contributed by atoms with E-state index in [1.54, 1.807) is 36.7 Å². The van der Waals surface area contributed by atoms with Crippen LogP contribution in [0.4, 0.5) is 0 Å². The lowest BCUT2D eigenvalue weighted by molar-refractivity contribution is 0.444. The molecule has 1 N–H and O–H groups in total. The standard InChI is InChI=1S/C16H15BrN4O2S/c17-14-6-8-15(9-7-14)24(22,23)20-16(12-21-18-10-11-19-21)13-4-2-1-3-5-13/h1-11,16,20H,12H2. The molecule has 0 fully saturated rings. The Morgan fingerprint density at radius 1 is 1.00 bits per heavy atom. The van der Waals surface area contributed by atoms with Crippen LogP contribution >= 0.6 is 15.9 Å². The fourth-order valence-electron chi connectivity index (χ4n) is 2.27. The highest BCUT2D eigenvalue weighted by Gasteiger charge is 2.22. The number of nitrogens with zero attached hydrogens (tertiary/aromatic N) is 3. The van der Waals surface area contributed by atoms with Gasteiger partial charge in [-0.15, -0.1) is 0 Å². The average molecular weight is 407 g/mol. The monoisotopic (exact) mass is 406 g/mol. The van der Waals surface area contributed by atoms with Gasteiger partial charge in [-0.2, -0.15) is 15.0 Å². The molecule has 2 aromatic carbocycles. The van der Waals surface area contributed by atoms with Gasteiger partial charge in [0.1, 0.15) is 0 Å². The lowest BCUT2D eigenvalue weighted by atomic mass is 10.1. The molecule has 6 nitrogen and oxygen atoms in total. The molecule has 0 aliphatic heterocycles. The van der Waals surface area contributed by atoms with Gasteiger partial charge in [-0.1, -0.05) is 46.3 Å². The van der Waals surface area contributed by atoms with E-state index in [1.807, 2.05) is 30.3 Å². The van der Waals surface area contributed by atoms with E-state index in [2.05, 4.69) is 30.8 Å². The van der Waals surface area contributed by atoms with Gasteiger partial charge in [-0.3, -0.25) is 0 Å². The molecular formula is C16H15BrN4O2S. The summed E-state index contributed by atoms with van der Waals surface area (Å²) < 4.78 is 28.9. The maximum atomic E-state index is 12.7. The van der Waals surface area contributed by atoms with Gasteiger partial charge in [0.05, 0.1) is 29.9 Å². The molecule has 0 aliphatic carbocycles. The number of hydrogen-bond donors (Lipinski definition) is 1. The first kappa shape index (κ1) is 16.8. The third kappa shape index (κ3) is 4.08. The van der Waals surface area contributed by atoms with Crippen molar-refractivity contribution >= 4 is 26.0 Å². The van der Waals surface area contributed by atoms with Crippen LogP contribution in [0, 0.1) is 0 Å². The number of aromatic nitrogens is 3. The number of nitrogens with one attached hydrogen (secondary N) is 1. The molecule has 124 valence electrons. The molecule has 8 heteroatoms. The second-order valence-electron chi connectivity index (χ2n) is 5.12. The summed E-state index contributed by atoms with van der Waals surface area (Å²) in [6.07, 6.45) is 3.12. The summed E-state index contributed by atoms with van der Waals surface area (Å²) in [4.78, 5) is 1.67. The Labute approximate surface area is 148 Å². The van der Waals surface area contributed by atoms with Crippen LogP contribution in [0.5, 0.6) is 0 Å². The number of sulfonamides is 1. The zero-order valence-electron chi connectivity index (χ0n) is 12.6. The Bertz CT molecular complexity index is 882. The molecular weight excluding hydrogens is 392 g/mol. The van der Waals surface area contributed by atoms with E-state index in [4.69, 9.17) is 0 Å². The summed E-state index contributed by atoms with van der Waals surface area (Å²) in [6, 6.07) is 15.4. The van der Waals surface area contributed by atoms with Crippen molar-refractivity contribution in [2.45, 2.75) is 17.5 Å². The molecule has 0 saturated heterocycles. The predicted octanol–water partition coefficient (Wildman–Crippen LogP) is 2.76. The third-order valence-electron chi connectivity index (χ3n) is 3.44. The molecule has 0 bridgehead atoms. The third-order valence-corrected chi connectivity index (χ3v) is 5.45. The molecule has 0 saturated carbocycles. The maximum absolute atomic E-state index is 12.7. The molecule has 3 rings (SSSR count). The van der Waals surface area contributed by atoms with Gasteiger partial charge in [-0.05, 0) is 29.8 Å². The van der Waals surface area contributed by atoms with E-state index >= 15 is 0 Å². The average Bonchev–Trinajstić information content (AvgIpc) is 3.08. The maximum Gasteiger partial charge on any atom is 0.241 e. The topological polar surface area (TPSA) is 76.9 Å².